The van der Waals surface area contributed by atoms with Gasteiger partial charge in [-0.2, -0.15) is 0 Å². The van der Waals surface area contributed by atoms with E-state index in [-0.39, 0.29) is 11.4 Å². The number of hydrogen-bond acceptors (Lipinski definition) is 6. The Morgan fingerprint density at radius 3 is 2.35 bits per heavy atom. The van der Waals surface area contributed by atoms with Crippen LogP contribution in [-0.4, -0.2) is 41.7 Å². The third-order valence-electron chi connectivity index (χ3n) is 4.96. The van der Waals surface area contributed by atoms with Gasteiger partial charge in [0.05, 0.1) is 26.5 Å². The first kappa shape index (κ1) is 22.5. The van der Waals surface area contributed by atoms with Crippen LogP contribution in [-0.2, 0) is 14.8 Å². The van der Waals surface area contributed by atoms with E-state index in [2.05, 4.69) is 5.32 Å². The van der Waals surface area contributed by atoms with Crippen LogP contribution in [0.4, 0.5) is 11.4 Å². The van der Waals surface area contributed by atoms with E-state index >= 15 is 0 Å². The molecule has 1 amide bonds. The largest absolute Gasteiger partial charge is 0.494 e. The van der Waals surface area contributed by atoms with Crippen LogP contribution in [0.25, 0.3) is 5.57 Å². The van der Waals surface area contributed by atoms with Crippen molar-refractivity contribution in [1.29, 1.82) is 0 Å². The molecule has 0 unspecified atom stereocenters. The van der Waals surface area contributed by atoms with Crippen molar-refractivity contribution < 1.29 is 27.4 Å². The lowest BCUT2D eigenvalue weighted by atomic mass is 10.0. The normalized spacial score (nSPS) is 14.7. The van der Waals surface area contributed by atoms with Crippen LogP contribution in [0, 0.1) is 0 Å². The number of hydrogen-bond donors (Lipinski definition) is 1. The second kappa shape index (κ2) is 8.89. The molecule has 0 saturated heterocycles. The molecule has 31 heavy (non-hydrogen) atoms. The molecule has 0 bridgehead atoms. The lowest BCUT2D eigenvalue weighted by molar-refractivity contribution is -0.112. The van der Waals surface area contributed by atoms with Crippen molar-refractivity contribution in [3.63, 3.8) is 0 Å². The summed E-state index contributed by atoms with van der Waals surface area (Å²) in [6.45, 7) is 5.80. The van der Waals surface area contributed by atoms with Gasteiger partial charge in [-0.1, -0.05) is 6.07 Å². The van der Waals surface area contributed by atoms with Gasteiger partial charge in [-0.3, -0.25) is 9.10 Å². The topological polar surface area (TPSA) is 94.2 Å². The number of methoxy groups -OCH3 is 2. The van der Waals surface area contributed by atoms with Gasteiger partial charge in [0.25, 0.3) is 15.9 Å². The fourth-order valence-electron chi connectivity index (χ4n) is 3.58. The summed E-state index contributed by atoms with van der Waals surface area (Å²) in [6, 6.07) is 10.1. The molecule has 0 spiro atoms. The van der Waals surface area contributed by atoms with Gasteiger partial charge >= 0.3 is 0 Å². The van der Waals surface area contributed by atoms with Crippen LogP contribution in [0.1, 0.15) is 26.3 Å². The molecule has 1 heterocycles. The smallest absolute Gasteiger partial charge is 0.270 e. The van der Waals surface area contributed by atoms with Gasteiger partial charge in [0.1, 0.15) is 5.75 Å². The molecule has 0 fully saturated rings. The summed E-state index contributed by atoms with van der Waals surface area (Å²) < 4.78 is 44.1. The van der Waals surface area contributed by atoms with Crippen LogP contribution in [0.3, 0.4) is 0 Å². The minimum atomic E-state index is -4.09. The van der Waals surface area contributed by atoms with E-state index in [1.807, 2.05) is 6.92 Å². The third kappa shape index (κ3) is 4.05. The average Bonchev–Trinajstić information content (AvgIpc) is 2.73. The molecule has 2 aromatic rings. The number of allylic oxidation sites excluding steroid dienone is 1. The molecule has 9 heteroatoms. The summed E-state index contributed by atoms with van der Waals surface area (Å²) in [5.41, 5.74) is 1.79. The van der Waals surface area contributed by atoms with Crippen LogP contribution in [0.15, 0.2) is 41.3 Å². The predicted molar refractivity (Wildman–Crippen MR) is 120 cm³/mol. The van der Waals surface area contributed by atoms with E-state index in [1.54, 1.807) is 50.2 Å². The summed E-state index contributed by atoms with van der Waals surface area (Å²) in [4.78, 5) is 12.8. The number of fused-ring (bicyclic) bond motifs is 1. The zero-order valence-corrected chi connectivity index (χ0v) is 19.0. The summed E-state index contributed by atoms with van der Waals surface area (Å²) in [6.07, 6.45) is 0. The molecular formula is C22H26N2O6S. The van der Waals surface area contributed by atoms with Gasteiger partial charge < -0.3 is 19.5 Å². The number of sulfonamides is 1. The number of nitrogens with one attached hydrogen (secondary N) is 1. The highest BCUT2D eigenvalue weighted by atomic mass is 32.2. The summed E-state index contributed by atoms with van der Waals surface area (Å²) in [5, 5.41) is 2.68. The highest BCUT2D eigenvalue weighted by Crippen LogP contribution is 2.45. The van der Waals surface area contributed by atoms with Gasteiger partial charge in [0, 0.05) is 29.9 Å². The van der Waals surface area contributed by atoms with E-state index in [9.17, 15) is 13.2 Å². The van der Waals surface area contributed by atoms with Crippen LogP contribution in [0.5, 0.6) is 17.2 Å². The summed E-state index contributed by atoms with van der Waals surface area (Å²) >= 11 is 0. The Morgan fingerprint density at radius 2 is 1.74 bits per heavy atom. The number of carbonyl (C=O) groups excluding carboxylic acids is 1. The fourth-order valence-corrected chi connectivity index (χ4v) is 5.33. The standard InChI is InChI=1S/C22H26N2O6S/c1-6-24-18-13-20(29-5)19(28-4)12-17(18)14(3)21(31(24,26)27)22(25)23-15-9-8-10-16(11-15)30-7-2/h8-13H,6-7H2,1-5H3,(H,23,25). The van der Waals surface area contributed by atoms with E-state index in [0.29, 0.717) is 46.4 Å². The minimum Gasteiger partial charge on any atom is -0.494 e. The van der Waals surface area contributed by atoms with Crippen molar-refractivity contribution in [2.24, 2.45) is 0 Å². The molecule has 0 saturated carbocycles. The second-order valence-electron chi connectivity index (χ2n) is 6.76. The first-order valence-electron chi connectivity index (χ1n) is 9.82. The maximum absolute atomic E-state index is 13.4. The van der Waals surface area contributed by atoms with Gasteiger partial charge in [-0.15, -0.1) is 0 Å². The zero-order chi connectivity index (χ0) is 22.8. The average molecular weight is 447 g/mol. The molecular weight excluding hydrogens is 420 g/mol. The van der Waals surface area contributed by atoms with Gasteiger partial charge in [-0.05, 0) is 44.5 Å². The van der Waals surface area contributed by atoms with E-state index in [0.717, 1.165) is 0 Å². The number of rotatable bonds is 7. The summed E-state index contributed by atoms with van der Waals surface area (Å²) in [7, 11) is -1.11. The molecule has 1 aliphatic heterocycles. The summed E-state index contributed by atoms with van der Waals surface area (Å²) in [5.74, 6) is 0.711. The number of anilines is 2. The SMILES string of the molecule is CCOc1cccc(NC(=O)C2=C(C)c3cc(OC)c(OC)cc3N(CC)S2(=O)=O)c1. The van der Waals surface area contributed by atoms with Crippen molar-refractivity contribution in [2.45, 2.75) is 20.8 Å². The number of nitrogens with zero attached hydrogens (tertiary/aromatic N) is 1. The van der Waals surface area contributed by atoms with Crippen molar-refractivity contribution in [3.05, 3.63) is 46.9 Å². The van der Waals surface area contributed by atoms with Crippen molar-refractivity contribution in [3.8, 4) is 17.2 Å². The Balaban J connectivity index is 2.12. The van der Waals surface area contributed by atoms with Crippen LogP contribution < -0.4 is 23.8 Å². The highest BCUT2D eigenvalue weighted by molar-refractivity contribution is 7.97. The molecule has 0 aromatic heterocycles. The first-order valence-corrected chi connectivity index (χ1v) is 11.3. The Morgan fingerprint density at radius 1 is 1.06 bits per heavy atom. The molecule has 3 rings (SSSR count). The molecule has 1 aliphatic rings. The number of benzene rings is 2. The second-order valence-corrected chi connectivity index (χ2v) is 8.56. The van der Waals surface area contributed by atoms with Gasteiger partial charge in [-0.25, -0.2) is 8.42 Å². The van der Waals surface area contributed by atoms with Crippen LogP contribution in [0.2, 0.25) is 0 Å². The Hall–Kier alpha value is -3.20. The quantitative estimate of drug-likeness (QED) is 0.698. The number of carbonyl (C=O) groups is 1. The lowest BCUT2D eigenvalue weighted by Gasteiger charge is -2.32. The first-order chi connectivity index (χ1) is 14.8. The van der Waals surface area contributed by atoms with Gasteiger partial charge in [0.15, 0.2) is 16.4 Å². The maximum atomic E-state index is 13.4. The van der Waals surface area contributed by atoms with Crippen molar-refractivity contribution >= 4 is 32.9 Å². The van der Waals surface area contributed by atoms with Crippen molar-refractivity contribution in [2.75, 3.05) is 37.0 Å². The molecule has 0 aliphatic carbocycles. The van der Waals surface area contributed by atoms with E-state index in [1.165, 1.54) is 18.5 Å². The van der Waals surface area contributed by atoms with Crippen LogP contribution >= 0.6 is 0 Å². The van der Waals surface area contributed by atoms with E-state index in [4.69, 9.17) is 14.2 Å². The van der Waals surface area contributed by atoms with E-state index < -0.39 is 15.9 Å². The van der Waals surface area contributed by atoms with Crippen molar-refractivity contribution in [1.82, 2.24) is 0 Å². The number of amides is 1. The Labute approximate surface area is 182 Å². The number of ether oxygens (including phenoxy) is 3. The molecule has 166 valence electrons. The highest BCUT2D eigenvalue weighted by Gasteiger charge is 2.39. The molecule has 0 atom stereocenters. The molecule has 2 aromatic carbocycles. The molecule has 1 N–H and O–H groups in total. The fraction of sp³-hybridized carbons (Fsp3) is 0.318. The molecule has 0 radical (unpaired) electrons. The Bertz CT molecular complexity index is 1140. The minimum absolute atomic E-state index is 0.148. The predicted octanol–water partition coefficient (Wildman–Crippen LogP) is 3.64. The maximum Gasteiger partial charge on any atom is 0.270 e. The molecule has 8 nitrogen and oxygen atoms in total. The Kier molecular flexibility index (Phi) is 6.45. The van der Waals surface area contributed by atoms with Gasteiger partial charge in [0.2, 0.25) is 0 Å². The third-order valence-corrected chi connectivity index (χ3v) is 7.00. The lowest BCUT2D eigenvalue weighted by Crippen LogP contribution is -2.39. The monoisotopic (exact) mass is 446 g/mol. The zero-order valence-electron chi connectivity index (χ0n) is 18.2.